The number of unbranched alkanes of at least 4 members (excludes halogenated alkanes) is 1. The molecule has 4 atom stereocenters. The van der Waals surface area contributed by atoms with Crippen LogP contribution in [0.25, 0.3) is 0 Å². The molecule has 0 amide bonds. The predicted octanol–water partition coefficient (Wildman–Crippen LogP) is 11.0. The summed E-state index contributed by atoms with van der Waals surface area (Å²) in [5.74, 6) is 0.369. The minimum Gasteiger partial charge on any atom is -0.376 e. The molecular formula is C43H48ClF3N2O3S. The lowest BCUT2D eigenvalue weighted by Gasteiger charge is -2.33. The SMILES string of the molecule is CCC1=NC(C)CC1(c1ccccc1)c1ccc(CCCCCl)cc1.CCC1=NC(C)CC1(c1ccccc1)c1ccc(OS(=O)(=O)C(F)(F)F)cc1. The molecule has 0 saturated heterocycles. The van der Waals surface area contributed by atoms with E-state index in [-0.39, 0.29) is 17.2 Å². The number of hydrogen-bond acceptors (Lipinski definition) is 5. The first-order chi connectivity index (χ1) is 25.3. The molecule has 0 aromatic heterocycles. The Kier molecular flexibility index (Phi) is 12.9. The zero-order valence-electron chi connectivity index (χ0n) is 30.7. The second-order valence-corrected chi connectivity index (χ2v) is 15.8. The monoisotopic (exact) mass is 764 g/mol. The maximum absolute atomic E-state index is 12.5. The zero-order valence-corrected chi connectivity index (χ0v) is 32.3. The molecule has 282 valence electrons. The molecule has 53 heavy (non-hydrogen) atoms. The Morgan fingerprint density at radius 2 is 1.09 bits per heavy atom. The van der Waals surface area contributed by atoms with E-state index in [1.165, 1.54) is 34.5 Å². The summed E-state index contributed by atoms with van der Waals surface area (Å²) in [6, 6.07) is 36.1. The standard InChI is InChI=1S/C23H28ClN.C20H20F3NO3S/c1-3-22-23(17-18(2)25-22,20-10-5-4-6-11-20)21-14-12-19(13-15-21)9-7-8-16-24;1-3-18-19(13-14(2)24-18,15-7-5-4-6-8-15)16-9-11-17(12-10-16)27-28(25,26)20(21,22)23/h4-6,10-15,18H,3,7-9,16-17H2,1-2H3;4-12,14H,3,13H2,1-2H3. The van der Waals surface area contributed by atoms with E-state index in [1.807, 2.05) is 44.2 Å². The number of hydrogen-bond donors (Lipinski definition) is 0. The van der Waals surface area contributed by atoms with Crippen molar-refractivity contribution in [2.24, 2.45) is 9.98 Å². The highest BCUT2D eigenvalue weighted by molar-refractivity contribution is 7.88. The minimum atomic E-state index is -5.70. The van der Waals surface area contributed by atoms with E-state index in [4.69, 9.17) is 21.6 Å². The normalized spacial score (nSPS) is 22.8. The van der Waals surface area contributed by atoms with E-state index in [9.17, 15) is 21.6 Å². The second-order valence-electron chi connectivity index (χ2n) is 13.9. The summed E-state index contributed by atoms with van der Waals surface area (Å²) in [6.07, 6.45) is 6.85. The van der Waals surface area contributed by atoms with E-state index < -0.39 is 21.0 Å². The lowest BCUT2D eigenvalue weighted by molar-refractivity contribution is -0.0500. The van der Waals surface area contributed by atoms with Crippen molar-refractivity contribution in [3.63, 3.8) is 0 Å². The van der Waals surface area contributed by atoms with E-state index in [0.29, 0.717) is 6.04 Å². The lowest BCUT2D eigenvalue weighted by Crippen LogP contribution is -2.34. The first-order valence-corrected chi connectivity index (χ1v) is 20.3. The van der Waals surface area contributed by atoms with Crippen LogP contribution in [-0.4, -0.2) is 43.3 Å². The van der Waals surface area contributed by atoms with Gasteiger partial charge in [-0.3, -0.25) is 9.98 Å². The van der Waals surface area contributed by atoms with Gasteiger partial charge in [-0.15, -0.1) is 11.6 Å². The molecule has 4 aromatic carbocycles. The van der Waals surface area contributed by atoms with Gasteiger partial charge in [0.2, 0.25) is 0 Å². The van der Waals surface area contributed by atoms with Gasteiger partial charge in [0.15, 0.2) is 0 Å². The van der Waals surface area contributed by atoms with Gasteiger partial charge in [-0.2, -0.15) is 21.6 Å². The summed E-state index contributed by atoms with van der Waals surface area (Å²) in [4.78, 5) is 9.77. The first kappa shape index (κ1) is 40.2. The van der Waals surface area contributed by atoms with Crippen molar-refractivity contribution in [1.29, 1.82) is 0 Å². The Balaban J connectivity index is 0.000000206. The third-order valence-corrected chi connectivity index (χ3v) is 11.5. The van der Waals surface area contributed by atoms with Crippen LogP contribution >= 0.6 is 11.6 Å². The first-order valence-electron chi connectivity index (χ1n) is 18.3. The van der Waals surface area contributed by atoms with Crippen molar-refractivity contribution in [3.8, 4) is 5.75 Å². The highest BCUT2D eigenvalue weighted by Crippen LogP contribution is 2.45. The van der Waals surface area contributed by atoms with Crippen molar-refractivity contribution in [2.75, 3.05) is 5.88 Å². The molecule has 0 aliphatic carbocycles. The van der Waals surface area contributed by atoms with Crippen LogP contribution in [0.3, 0.4) is 0 Å². The maximum atomic E-state index is 12.5. The average Bonchev–Trinajstić information content (AvgIpc) is 3.69. The molecule has 0 radical (unpaired) electrons. The van der Waals surface area contributed by atoms with Gasteiger partial charge in [-0.1, -0.05) is 111 Å². The number of aliphatic imine (C=N–C) groups is 2. The largest absolute Gasteiger partial charge is 0.534 e. The smallest absolute Gasteiger partial charge is 0.376 e. The lowest BCUT2D eigenvalue weighted by atomic mass is 9.68. The van der Waals surface area contributed by atoms with Crippen LogP contribution < -0.4 is 4.18 Å². The Bertz CT molecular complexity index is 1970. The van der Waals surface area contributed by atoms with Crippen LogP contribution in [0.15, 0.2) is 119 Å². The summed E-state index contributed by atoms with van der Waals surface area (Å²) < 4.78 is 64.3. The summed E-state index contributed by atoms with van der Waals surface area (Å²) in [5.41, 5.74) is 2.29. The fourth-order valence-electron chi connectivity index (χ4n) is 8.02. The molecule has 6 rings (SSSR count). The van der Waals surface area contributed by atoms with E-state index in [1.54, 1.807) is 12.1 Å². The van der Waals surface area contributed by atoms with Crippen LogP contribution in [-0.2, 0) is 27.4 Å². The molecule has 0 spiro atoms. The molecule has 5 nitrogen and oxygen atoms in total. The Morgan fingerprint density at radius 1 is 0.679 bits per heavy atom. The van der Waals surface area contributed by atoms with Crippen molar-refractivity contribution < 1.29 is 25.8 Å². The number of halogens is 4. The highest BCUT2D eigenvalue weighted by Gasteiger charge is 2.49. The van der Waals surface area contributed by atoms with Gasteiger partial charge in [-0.05, 0) is 98.7 Å². The molecule has 4 aromatic rings. The number of rotatable bonds is 12. The molecule has 4 unspecified atom stereocenters. The van der Waals surface area contributed by atoms with Crippen LogP contribution in [0.5, 0.6) is 5.75 Å². The van der Waals surface area contributed by atoms with E-state index in [0.717, 1.165) is 67.7 Å². The Hall–Kier alpha value is -3.95. The third-order valence-electron chi connectivity index (χ3n) is 10.3. The molecule has 0 fully saturated rings. The maximum Gasteiger partial charge on any atom is 0.534 e. The van der Waals surface area contributed by atoms with Gasteiger partial charge in [0.1, 0.15) is 5.75 Å². The molecule has 2 aliphatic rings. The van der Waals surface area contributed by atoms with Crippen LogP contribution in [0, 0.1) is 0 Å². The molecule has 2 heterocycles. The van der Waals surface area contributed by atoms with Crippen LogP contribution in [0.4, 0.5) is 13.2 Å². The van der Waals surface area contributed by atoms with Gasteiger partial charge < -0.3 is 4.18 Å². The summed E-state index contributed by atoms with van der Waals surface area (Å²) in [5, 5.41) is 0. The van der Waals surface area contributed by atoms with Crippen LogP contribution in [0.1, 0.15) is 94.0 Å². The van der Waals surface area contributed by atoms with E-state index in [2.05, 4.69) is 72.6 Å². The zero-order chi connectivity index (χ0) is 38.3. The second kappa shape index (κ2) is 17.0. The number of aryl methyl sites for hydroxylation is 1. The van der Waals surface area contributed by atoms with Crippen LogP contribution in [0.2, 0.25) is 0 Å². The fraction of sp³-hybridized carbons (Fsp3) is 0.395. The molecule has 0 bridgehead atoms. The predicted molar refractivity (Wildman–Crippen MR) is 210 cm³/mol. The molecule has 0 saturated carbocycles. The number of alkyl halides is 4. The molecule has 10 heteroatoms. The highest BCUT2D eigenvalue weighted by atomic mass is 35.5. The Labute approximate surface area is 317 Å². The van der Waals surface area contributed by atoms with Gasteiger partial charge in [-0.25, -0.2) is 0 Å². The van der Waals surface area contributed by atoms with Gasteiger partial charge in [0, 0.05) is 29.4 Å². The van der Waals surface area contributed by atoms with Gasteiger partial charge >= 0.3 is 15.6 Å². The molecular weight excluding hydrogens is 717 g/mol. The van der Waals surface area contributed by atoms with E-state index >= 15 is 0 Å². The third kappa shape index (κ3) is 8.57. The molecule has 0 N–H and O–H groups in total. The minimum absolute atomic E-state index is 0.0654. The number of nitrogens with zero attached hydrogens (tertiary/aromatic N) is 2. The number of benzene rings is 4. The fourth-order valence-corrected chi connectivity index (χ4v) is 8.66. The van der Waals surface area contributed by atoms with Gasteiger partial charge in [0.05, 0.1) is 10.8 Å². The summed E-state index contributed by atoms with van der Waals surface area (Å²) in [7, 11) is -5.70. The van der Waals surface area contributed by atoms with Crippen molar-refractivity contribution in [1.82, 2.24) is 0 Å². The molecule has 2 aliphatic heterocycles. The van der Waals surface area contributed by atoms with Crippen molar-refractivity contribution >= 4 is 33.1 Å². The summed E-state index contributed by atoms with van der Waals surface area (Å²) >= 11 is 5.80. The Morgan fingerprint density at radius 3 is 1.49 bits per heavy atom. The summed E-state index contributed by atoms with van der Waals surface area (Å²) in [6.45, 7) is 8.51. The van der Waals surface area contributed by atoms with Crippen molar-refractivity contribution in [2.45, 2.75) is 101 Å². The van der Waals surface area contributed by atoms with Gasteiger partial charge in [0.25, 0.3) is 0 Å². The quantitative estimate of drug-likeness (QED) is 0.0624. The topological polar surface area (TPSA) is 68.1 Å². The average molecular weight is 765 g/mol. The van der Waals surface area contributed by atoms with Crippen molar-refractivity contribution in [3.05, 3.63) is 137 Å².